The first-order valence-corrected chi connectivity index (χ1v) is 2.86. The predicted octanol–water partition coefficient (Wildman–Crippen LogP) is 1.77. The van der Waals surface area contributed by atoms with Gasteiger partial charge in [0.2, 0.25) is 0 Å². The highest BCUT2D eigenvalue weighted by molar-refractivity contribution is 5.85. The molecule has 56 valence electrons. The summed E-state index contributed by atoms with van der Waals surface area (Å²) < 4.78 is 4.76. The van der Waals surface area contributed by atoms with Crippen molar-refractivity contribution in [2.45, 2.75) is 33.3 Å². The summed E-state index contributed by atoms with van der Waals surface area (Å²) in [5.74, 6) is -0.125. The van der Waals surface area contributed by atoms with Gasteiger partial charge in [-0.15, -0.1) is 12.4 Å². The van der Waals surface area contributed by atoms with E-state index in [4.69, 9.17) is 4.74 Å². The molecule has 0 fully saturated rings. The van der Waals surface area contributed by atoms with Gasteiger partial charge in [-0.05, 0) is 13.8 Å². The Morgan fingerprint density at radius 1 is 1.56 bits per heavy atom. The molecule has 0 aromatic heterocycles. The molecule has 0 aromatic rings. The Bertz CT molecular complexity index is 81.1. The van der Waals surface area contributed by atoms with E-state index in [9.17, 15) is 4.79 Å². The molecule has 0 unspecified atom stereocenters. The first-order chi connectivity index (χ1) is 3.66. The van der Waals surface area contributed by atoms with Crippen LogP contribution < -0.4 is 0 Å². The summed E-state index contributed by atoms with van der Waals surface area (Å²) in [5, 5.41) is 0. The molecule has 0 N–H and O–H groups in total. The van der Waals surface area contributed by atoms with Crippen molar-refractivity contribution in [2.75, 3.05) is 0 Å². The number of hydrogen-bond donors (Lipinski definition) is 0. The van der Waals surface area contributed by atoms with Crippen molar-refractivity contribution in [3.8, 4) is 0 Å². The SMILES string of the molecule is CCC(=O)OC(C)C.Cl. The molecule has 0 aliphatic rings. The molecule has 0 amide bonds. The smallest absolute Gasteiger partial charge is 0.305 e. The molecule has 0 saturated carbocycles. The minimum Gasteiger partial charge on any atom is -0.463 e. The molecule has 2 nitrogen and oxygen atoms in total. The van der Waals surface area contributed by atoms with Gasteiger partial charge in [0, 0.05) is 6.42 Å². The minimum atomic E-state index is -0.125. The van der Waals surface area contributed by atoms with Crippen LogP contribution in [0.5, 0.6) is 0 Å². The molecule has 0 bridgehead atoms. The fourth-order valence-electron chi connectivity index (χ4n) is 0.346. The lowest BCUT2D eigenvalue weighted by Gasteiger charge is -2.04. The second kappa shape index (κ2) is 5.89. The summed E-state index contributed by atoms with van der Waals surface area (Å²) in [6.07, 6.45) is 0.500. The third-order valence-corrected chi connectivity index (χ3v) is 0.656. The number of halogens is 1. The van der Waals surface area contributed by atoms with Gasteiger partial charge in [-0.3, -0.25) is 4.79 Å². The van der Waals surface area contributed by atoms with Crippen LogP contribution in [-0.4, -0.2) is 12.1 Å². The van der Waals surface area contributed by atoms with Crippen LogP contribution in [0.4, 0.5) is 0 Å². The fourth-order valence-corrected chi connectivity index (χ4v) is 0.346. The molecule has 0 saturated heterocycles. The third kappa shape index (κ3) is 7.76. The van der Waals surface area contributed by atoms with Gasteiger partial charge in [0.15, 0.2) is 0 Å². The van der Waals surface area contributed by atoms with Crippen molar-refractivity contribution in [1.29, 1.82) is 0 Å². The van der Waals surface area contributed by atoms with E-state index >= 15 is 0 Å². The summed E-state index contributed by atoms with van der Waals surface area (Å²) in [7, 11) is 0. The van der Waals surface area contributed by atoms with Crippen molar-refractivity contribution in [1.82, 2.24) is 0 Å². The maximum Gasteiger partial charge on any atom is 0.305 e. The van der Waals surface area contributed by atoms with Crippen LogP contribution in [0.3, 0.4) is 0 Å². The molecule has 0 aliphatic carbocycles. The average molecular weight is 153 g/mol. The van der Waals surface area contributed by atoms with E-state index in [0.29, 0.717) is 6.42 Å². The van der Waals surface area contributed by atoms with Gasteiger partial charge in [0.1, 0.15) is 0 Å². The molecular formula is C6H13ClO2. The van der Waals surface area contributed by atoms with Gasteiger partial charge in [-0.2, -0.15) is 0 Å². The Morgan fingerprint density at radius 2 is 2.00 bits per heavy atom. The average Bonchev–Trinajstić information content (AvgIpc) is 1.65. The van der Waals surface area contributed by atoms with E-state index in [-0.39, 0.29) is 24.5 Å². The lowest BCUT2D eigenvalue weighted by molar-refractivity contribution is -0.146. The zero-order valence-corrected chi connectivity index (χ0v) is 6.83. The normalized spacial score (nSPS) is 8.44. The summed E-state index contributed by atoms with van der Waals surface area (Å²) >= 11 is 0. The number of carbonyl (C=O) groups excluding carboxylic acids is 1. The molecule has 0 aliphatic heterocycles. The molecule has 0 spiro atoms. The molecule has 0 atom stereocenters. The lowest BCUT2D eigenvalue weighted by atomic mass is 10.4. The quantitative estimate of drug-likeness (QED) is 0.564. The van der Waals surface area contributed by atoms with Gasteiger partial charge < -0.3 is 4.74 Å². The van der Waals surface area contributed by atoms with E-state index in [1.165, 1.54) is 0 Å². The molecule has 0 radical (unpaired) electrons. The Hall–Kier alpha value is -0.240. The summed E-state index contributed by atoms with van der Waals surface area (Å²) in [4.78, 5) is 10.4. The zero-order valence-electron chi connectivity index (χ0n) is 6.01. The van der Waals surface area contributed by atoms with Crippen LogP contribution >= 0.6 is 12.4 Å². The first-order valence-electron chi connectivity index (χ1n) is 2.86. The topological polar surface area (TPSA) is 26.3 Å². The van der Waals surface area contributed by atoms with Crippen molar-refractivity contribution >= 4 is 18.4 Å². The monoisotopic (exact) mass is 152 g/mol. The van der Waals surface area contributed by atoms with Crippen molar-refractivity contribution in [2.24, 2.45) is 0 Å². The first kappa shape index (κ1) is 11.5. The number of hydrogen-bond acceptors (Lipinski definition) is 2. The van der Waals surface area contributed by atoms with Crippen LogP contribution in [0.25, 0.3) is 0 Å². The highest BCUT2D eigenvalue weighted by atomic mass is 35.5. The molecule has 9 heavy (non-hydrogen) atoms. The Labute approximate surface area is 62.0 Å². The van der Waals surface area contributed by atoms with Crippen LogP contribution in [0, 0.1) is 0 Å². The van der Waals surface area contributed by atoms with Crippen molar-refractivity contribution in [3.05, 3.63) is 0 Å². The van der Waals surface area contributed by atoms with Gasteiger partial charge in [-0.25, -0.2) is 0 Å². The largest absolute Gasteiger partial charge is 0.463 e. The number of ether oxygens (including phenoxy) is 1. The molecule has 0 heterocycles. The second-order valence-electron chi connectivity index (χ2n) is 1.89. The van der Waals surface area contributed by atoms with E-state index in [1.54, 1.807) is 6.92 Å². The lowest BCUT2D eigenvalue weighted by Crippen LogP contribution is -2.09. The highest BCUT2D eigenvalue weighted by Crippen LogP contribution is 1.90. The van der Waals surface area contributed by atoms with Crippen LogP contribution in [0.1, 0.15) is 27.2 Å². The standard InChI is InChI=1S/C6H12O2.ClH/c1-4-6(7)8-5(2)3;/h5H,4H2,1-3H3;1H. The summed E-state index contributed by atoms with van der Waals surface area (Å²) in [6.45, 7) is 5.46. The number of carbonyl (C=O) groups is 1. The van der Waals surface area contributed by atoms with Crippen LogP contribution in [0.15, 0.2) is 0 Å². The van der Waals surface area contributed by atoms with Gasteiger partial charge in [0.05, 0.1) is 6.10 Å². The number of esters is 1. The van der Waals surface area contributed by atoms with Crippen molar-refractivity contribution < 1.29 is 9.53 Å². The van der Waals surface area contributed by atoms with E-state index in [2.05, 4.69) is 0 Å². The molecule has 0 aromatic carbocycles. The minimum absolute atomic E-state index is 0. The van der Waals surface area contributed by atoms with Gasteiger partial charge in [-0.1, -0.05) is 6.92 Å². The maximum absolute atomic E-state index is 10.4. The highest BCUT2D eigenvalue weighted by Gasteiger charge is 1.98. The molecule has 3 heteroatoms. The van der Waals surface area contributed by atoms with Gasteiger partial charge >= 0.3 is 5.97 Å². The predicted molar refractivity (Wildman–Crippen MR) is 38.8 cm³/mol. The van der Waals surface area contributed by atoms with Crippen molar-refractivity contribution in [3.63, 3.8) is 0 Å². The van der Waals surface area contributed by atoms with Crippen LogP contribution in [0.2, 0.25) is 0 Å². The van der Waals surface area contributed by atoms with Crippen LogP contribution in [-0.2, 0) is 9.53 Å². The number of rotatable bonds is 2. The fraction of sp³-hybridized carbons (Fsp3) is 0.833. The Balaban J connectivity index is 0. The van der Waals surface area contributed by atoms with E-state index in [1.807, 2.05) is 13.8 Å². The zero-order chi connectivity index (χ0) is 6.57. The summed E-state index contributed by atoms with van der Waals surface area (Å²) in [6, 6.07) is 0. The maximum atomic E-state index is 10.4. The molecular weight excluding hydrogens is 140 g/mol. The van der Waals surface area contributed by atoms with E-state index in [0.717, 1.165) is 0 Å². The van der Waals surface area contributed by atoms with E-state index < -0.39 is 0 Å². The summed E-state index contributed by atoms with van der Waals surface area (Å²) in [5.41, 5.74) is 0. The Kier molecular flexibility index (Phi) is 7.55. The third-order valence-electron chi connectivity index (χ3n) is 0.656. The second-order valence-corrected chi connectivity index (χ2v) is 1.89. The molecule has 0 rings (SSSR count). The van der Waals surface area contributed by atoms with Gasteiger partial charge in [0.25, 0.3) is 0 Å². The Morgan fingerprint density at radius 3 is 2.11 bits per heavy atom.